The summed E-state index contributed by atoms with van der Waals surface area (Å²) in [5.41, 5.74) is -0.423. The quantitative estimate of drug-likeness (QED) is 0.833. The molecule has 0 aromatic heterocycles. The lowest BCUT2D eigenvalue weighted by atomic mass is 9.89. The summed E-state index contributed by atoms with van der Waals surface area (Å²) in [5.74, 6) is 0.835. The maximum Gasteiger partial charge on any atom is 0.407 e. The maximum absolute atomic E-state index is 11.9. The fourth-order valence-corrected chi connectivity index (χ4v) is 3.55. The normalized spacial score (nSPS) is 27.6. The minimum Gasteiger partial charge on any atom is -0.444 e. The number of rotatable bonds is 4. The van der Waals surface area contributed by atoms with Gasteiger partial charge in [0.15, 0.2) is 0 Å². The highest BCUT2D eigenvalue weighted by molar-refractivity contribution is 5.68. The van der Waals surface area contributed by atoms with Crippen molar-refractivity contribution < 1.29 is 9.53 Å². The van der Waals surface area contributed by atoms with Crippen molar-refractivity contribution in [1.29, 1.82) is 0 Å². The molecule has 2 unspecified atom stereocenters. The molecule has 2 aliphatic rings. The summed E-state index contributed by atoms with van der Waals surface area (Å²) in [5, 5.41) is 6.75. The van der Waals surface area contributed by atoms with E-state index >= 15 is 0 Å². The van der Waals surface area contributed by atoms with Gasteiger partial charge in [0.2, 0.25) is 0 Å². The van der Waals surface area contributed by atoms with Gasteiger partial charge in [-0.3, -0.25) is 0 Å². The van der Waals surface area contributed by atoms with E-state index in [1.165, 1.54) is 38.5 Å². The Bertz CT molecular complexity index is 332. The topological polar surface area (TPSA) is 50.4 Å². The van der Waals surface area contributed by atoms with Crippen LogP contribution in [0.25, 0.3) is 0 Å². The number of alkyl carbamates (subject to hydrolysis) is 1. The van der Waals surface area contributed by atoms with Crippen molar-refractivity contribution in [1.82, 2.24) is 10.6 Å². The Kier molecular flexibility index (Phi) is 5.91. The Morgan fingerprint density at radius 1 is 1.00 bits per heavy atom. The highest BCUT2D eigenvalue weighted by Gasteiger charge is 2.30. The first-order valence-corrected chi connectivity index (χ1v) is 8.67. The summed E-state index contributed by atoms with van der Waals surface area (Å²) in [6, 6.07) is 0.642. The second-order valence-electron chi connectivity index (χ2n) is 7.70. The van der Waals surface area contributed by atoms with Crippen molar-refractivity contribution >= 4 is 6.09 Å². The Hall–Kier alpha value is -0.770. The predicted molar refractivity (Wildman–Crippen MR) is 85.4 cm³/mol. The molecule has 1 amide bonds. The molecule has 0 bridgehead atoms. The van der Waals surface area contributed by atoms with Crippen molar-refractivity contribution in [2.45, 2.75) is 89.8 Å². The van der Waals surface area contributed by atoms with E-state index in [1.54, 1.807) is 0 Å². The molecule has 0 aliphatic heterocycles. The summed E-state index contributed by atoms with van der Waals surface area (Å²) in [6.45, 7) is 6.82. The molecule has 2 saturated carbocycles. The molecule has 2 fully saturated rings. The average Bonchev–Trinajstić information content (AvgIpc) is 2.82. The molecule has 0 heterocycles. The zero-order chi connectivity index (χ0) is 15.3. The molecule has 2 atom stereocenters. The van der Waals surface area contributed by atoms with Crippen LogP contribution in [0.3, 0.4) is 0 Å². The van der Waals surface area contributed by atoms with Crippen LogP contribution < -0.4 is 10.6 Å². The first-order valence-electron chi connectivity index (χ1n) is 8.67. The van der Waals surface area contributed by atoms with Gasteiger partial charge in [-0.05, 0) is 65.3 Å². The van der Waals surface area contributed by atoms with Crippen LogP contribution >= 0.6 is 0 Å². The van der Waals surface area contributed by atoms with Crippen LogP contribution in [0, 0.1) is 5.92 Å². The summed E-state index contributed by atoms with van der Waals surface area (Å²) in [4.78, 5) is 11.9. The van der Waals surface area contributed by atoms with Gasteiger partial charge >= 0.3 is 6.09 Å². The van der Waals surface area contributed by atoms with E-state index in [1.807, 2.05) is 20.8 Å². The highest BCUT2D eigenvalue weighted by Crippen LogP contribution is 2.25. The molecule has 0 spiro atoms. The number of hydrogen-bond acceptors (Lipinski definition) is 3. The van der Waals surface area contributed by atoms with Gasteiger partial charge in [-0.2, -0.15) is 0 Å². The molecular formula is C17H32N2O2. The van der Waals surface area contributed by atoms with Crippen LogP contribution in [0.15, 0.2) is 0 Å². The molecule has 4 nitrogen and oxygen atoms in total. The molecule has 122 valence electrons. The minimum absolute atomic E-state index is 0.225. The monoisotopic (exact) mass is 296 g/mol. The van der Waals surface area contributed by atoms with Gasteiger partial charge in [0.05, 0.1) is 0 Å². The van der Waals surface area contributed by atoms with Gasteiger partial charge in [0, 0.05) is 12.1 Å². The zero-order valence-corrected chi connectivity index (χ0v) is 13.9. The Labute approximate surface area is 129 Å². The number of carbonyl (C=O) groups is 1. The summed E-state index contributed by atoms with van der Waals surface area (Å²) >= 11 is 0. The molecule has 0 radical (unpaired) electrons. The fraction of sp³-hybridized carbons (Fsp3) is 0.941. The van der Waals surface area contributed by atoms with Crippen LogP contribution in [-0.4, -0.2) is 30.3 Å². The first kappa shape index (κ1) is 16.6. The molecule has 2 N–H and O–H groups in total. The second-order valence-corrected chi connectivity index (χ2v) is 7.70. The van der Waals surface area contributed by atoms with E-state index in [4.69, 9.17) is 4.74 Å². The van der Waals surface area contributed by atoms with Crippen LogP contribution in [0.4, 0.5) is 4.79 Å². The summed E-state index contributed by atoms with van der Waals surface area (Å²) in [7, 11) is 0. The standard InChI is InChI=1S/C17H32N2O2/c1-17(2,3)21-16(20)19-15-11-7-10-14(15)18-12-13-8-5-4-6-9-13/h13-15,18H,4-12H2,1-3H3,(H,19,20). The highest BCUT2D eigenvalue weighted by atomic mass is 16.6. The van der Waals surface area contributed by atoms with E-state index in [-0.39, 0.29) is 12.1 Å². The summed E-state index contributed by atoms with van der Waals surface area (Å²) < 4.78 is 5.36. The SMILES string of the molecule is CC(C)(C)OC(=O)NC1CCCC1NCC1CCCCC1. The molecule has 0 aromatic rings. The van der Waals surface area contributed by atoms with Crippen LogP contribution in [-0.2, 0) is 4.74 Å². The zero-order valence-electron chi connectivity index (χ0n) is 13.9. The number of hydrogen-bond donors (Lipinski definition) is 2. The number of amides is 1. The number of ether oxygens (including phenoxy) is 1. The molecule has 0 saturated heterocycles. The molecule has 4 heteroatoms. The van der Waals surface area contributed by atoms with E-state index in [0.717, 1.165) is 25.3 Å². The molecule has 2 rings (SSSR count). The van der Waals surface area contributed by atoms with Crippen LogP contribution in [0.2, 0.25) is 0 Å². The fourth-order valence-electron chi connectivity index (χ4n) is 3.55. The van der Waals surface area contributed by atoms with Crippen molar-refractivity contribution in [2.75, 3.05) is 6.54 Å². The smallest absolute Gasteiger partial charge is 0.407 e. The molecule has 21 heavy (non-hydrogen) atoms. The maximum atomic E-state index is 11.9. The van der Waals surface area contributed by atoms with E-state index < -0.39 is 5.60 Å². The van der Waals surface area contributed by atoms with Crippen LogP contribution in [0.5, 0.6) is 0 Å². The van der Waals surface area contributed by atoms with Gasteiger partial charge in [0.25, 0.3) is 0 Å². The molecule has 0 aromatic carbocycles. The first-order chi connectivity index (χ1) is 9.94. The summed E-state index contributed by atoms with van der Waals surface area (Å²) in [6.07, 6.45) is 10.0. The third-order valence-electron chi connectivity index (χ3n) is 4.61. The van der Waals surface area contributed by atoms with Crippen molar-refractivity contribution in [3.05, 3.63) is 0 Å². The molecular weight excluding hydrogens is 264 g/mol. The number of carbonyl (C=O) groups excluding carboxylic acids is 1. The predicted octanol–water partition coefficient (Wildman–Crippen LogP) is 3.60. The Morgan fingerprint density at radius 2 is 1.67 bits per heavy atom. The minimum atomic E-state index is -0.423. The number of nitrogens with one attached hydrogen (secondary N) is 2. The Balaban J connectivity index is 1.73. The van der Waals surface area contributed by atoms with Gasteiger partial charge in [-0.15, -0.1) is 0 Å². The lowest BCUT2D eigenvalue weighted by Gasteiger charge is -2.28. The second kappa shape index (κ2) is 7.48. The van der Waals surface area contributed by atoms with Gasteiger partial charge in [-0.1, -0.05) is 19.3 Å². The third-order valence-corrected chi connectivity index (χ3v) is 4.61. The average molecular weight is 296 g/mol. The van der Waals surface area contributed by atoms with Gasteiger partial charge < -0.3 is 15.4 Å². The van der Waals surface area contributed by atoms with E-state index in [0.29, 0.717) is 6.04 Å². The Morgan fingerprint density at radius 3 is 2.33 bits per heavy atom. The lowest BCUT2D eigenvalue weighted by Crippen LogP contribution is -2.49. The van der Waals surface area contributed by atoms with Crippen molar-refractivity contribution in [3.63, 3.8) is 0 Å². The largest absolute Gasteiger partial charge is 0.444 e. The van der Waals surface area contributed by atoms with Gasteiger partial charge in [0.1, 0.15) is 5.60 Å². The lowest BCUT2D eigenvalue weighted by molar-refractivity contribution is 0.0497. The van der Waals surface area contributed by atoms with E-state index in [2.05, 4.69) is 10.6 Å². The van der Waals surface area contributed by atoms with Crippen molar-refractivity contribution in [3.8, 4) is 0 Å². The van der Waals surface area contributed by atoms with Crippen LogP contribution in [0.1, 0.15) is 72.1 Å². The van der Waals surface area contributed by atoms with Gasteiger partial charge in [-0.25, -0.2) is 4.79 Å². The van der Waals surface area contributed by atoms with Crippen molar-refractivity contribution in [2.24, 2.45) is 5.92 Å². The molecule has 2 aliphatic carbocycles. The van der Waals surface area contributed by atoms with E-state index in [9.17, 15) is 4.79 Å². The third kappa shape index (κ3) is 5.85.